The van der Waals surface area contributed by atoms with Crippen LogP contribution in [0.5, 0.6) is 0 Å². The Hall–Kier alpha value is -1.79. The van der Waals surface area contributed by atoms with Crippen molar-refractivity contribution in [2.75, 3.05) is 12.3 Å². The lowest BCUT2D eigenvalue weighted by Gasteiger charge is -2.24. The monoisotopic (exact) mass is 325 g/mol. The molecule has 1 aromatic carbocycles. The zero-order chi connectivity index (χ0) is 15.7. The molecule has 0 saturated carbocycles. The van der Waals surface area contributed by atoms with Crippen LogP contribution in [0, 0.1) is 0 Å². The van der Waals surface area contributed by atoms with Gasteiger partial charge in [0.25, 0.3) is 5.91 Å². The third-order valence-electron chi connectivity index (χ3n) is 3.09. The van der Waals surface area contributed by atoms with E-state index in [0.29, 0.717) is 15.6 Å². The SMILES string of the molecule is CC(C)N(CC(N)=O)C(=O)c1sc2ccc(Cl)cc2c1N. The van der Waals surface area contributed by atoms with Crippen molar-refractivity contribution < 1.29 is 9.59 Å². The summed E-state index contributed by atoms with van der Waals surface area (Å²) < 4.78 is 0.878. The van der Waals surface area contributed by atoms with Crippen LogP contribution in [0.2, 0.25) is 5.02 Å². The molecule has 112 valence electrons. The van der Waals surface area contributed by atoms with Gasteiger partial charge in [0, 0.05) is 21.2 Å². The largest absolute Gasteiger partial charge is 0.397 e. The first kappa shape index (κ1) is 15.6. The molecule has 0 radical (unpaired) electrons. The molecule has 5 nitrogen and oxygen atoms in total. The van der Waals surface area contributed by atoms with Gasteiger partial charge in [0.2, 0.25) is 5.91 Å². The summed E-state index contributed by atoms with van der Waals surface area (Å²) in [5.41, 5.74) is 11.7. The van der Waals surface area contributed by atoms with Gasteiger partial charge in [-0.1, -0.05) is 11.6 Å². The molecule has 0 bridgehead atoms. The molecule has 7 heteroatoms. The lowest BCUT2D eigenvalue weighted by molar-refractivity contribution is -0.119. The van der Waals surface area contributed by atoms with Crippen molar-refractivity contribution in [3.63, 3.8) is 0 Å². The summed E-state index contributed by atoms with van der Waals surface area (Å²) in [5.74, 6) is -0.849. The van der Waals surface area contributed by atoms with Gasteiger partial charge in [-0.25, -0.2) is 0 Å². The highest BCUT2D eigenvalue weighted by Gasteiger charge is 2.25. The van der Waals surface area contributed by atoms with Gasteiger partial charge in [0.1, 0.15) is 4.88 Å². The van der Waals surface area contributed by atoms with Crippen LogP contribution in [0.4, 0.5) is 5.69 Å². The standard InChI is InChI=1S/C14H16ClN3O2S/c1-7(2)18(6-11(16)19)14(20)13-12(17)9-5-8(15)3-4-10(9)21-13/h3-5,7H,6,17H2,1-2H3,(H2,16,19). The number of rotatable bonds is 4. The summed E-state index contributed by atoms with van der Waals surface area (Å²) >= 11 is 7.24. The van der Waals surface area contributed by atoms with Crippen LogP contribution in [0.15, 0.2) is 18.2 Å². The van der Waals surface area contributed by atoms with Crippen LogP contribution < -0.4 is 11.5 Å². The topological polar surface area (TPSA) is 89.4 Å². The number of nitrogens with two attached hydrogens (primary N) is 2. The number of hydrogen-bond acceptors (Lipinski definition) is 4. The Labute approximate surface area is 131 Å². The number of carbonyl (C=O) groups is 2. The second-order valence-corrected chi connectivity index (χ2v) is 6.47. The maximum absolute atomic E-state index is 12.6. The van der Waals surface area contributed by atoms with E-state index < -0.39 is 5.91 Å². The van der Waals surface area contributed by atoms with Crippen LogP contribution in [0.3, 0.4) is 0 Å². The molecule has 0 unspecified atom stereocenters. The van der Waals surface area contributed by atoms with Crippen molar-refractivity contribution in [1.29, 1.82) is 0 Å². The summed E-state index contributed by atoms with van der Waals surface area (Å²) in [4.78, 5) is 25.6. The van der Waals surface area contributed by atoms with Crippen LogP contribution in [0.25, 0.3) is 10.1 Å². The lowest BCUT2D eigenvalue weighted by atomic mass is 10.2. The van der Waals surface area contributed by atoms with E-state index in [9.17, 15) is 9.59 Å². The van der Waals surface area contributed by atoms with Gasteiger partial charge in [-0.2, -0.15) is 0 Å². The summed E-state index contributed by atoms with van der Waals surface area (Å²) in [7, 11) is 0. The van der Waals surface area contributed by atoms with Crippen molar-refractivity contribution >= 4 is 50.5 Å². The zero-order valence-electron chi connectivity index (χ0n) is 11.7. The van der Waals surface area contributed by atoms with E-state index in [0.717, 1.165) is 10.1 Å². The minimum atomic E-state index is -0.556. The van der Waals surface area contributed by atoms with E-state index in [-0.39, 0.29) is 18.5 Å². The molecule has 4 N–H and O–H groups in total. The average molecular weight is 326 g/mol. The molecular formula is C14H16ClN3O2S. The molecule has 2 amide bonds. The highest BCUT2D eigenvalue weighted by molar-refractivity contribution is 7.21. The number of primary amides is 1. The van der Waals surface area contributed by atoms with E-state index in [1.54, 1.807) is 12.1 Å². The number of carbonyl (C=O) groups excluding carboxylic acids is 2. The number of benzene rings is 1. The first-order valence-corrected chi connectivity index (χ1v) is 7.57. The van der Waals surface area contributed by atoms with Gasteiger partial charge in [0.05, 0.1) is 12.2 Å². The molecule has 0 fully saturated rings. The number of halogens is 1. The van der Waals surface area contributed by atoms with Crippen molar-refractivity contribution in [3.8, 4) is 0 Å². The first-order valence-electron chi connectivity index (χ1n) is 6.38. The van der Waals surface area contributed by atoms with Gasteiger partial charge < -0.3 is 16.4 Å². The number of fused-ring (bicyclic) bond motifs is 1. The molecule has 2 rings (SSSR count). The maximum Gasteiger partial charge on any atom is 0.266 e. The highest BCUT2D eigenvalue weighted by Crippen LogP contribution is 2.36. The van der Waals surface area contributed by atoms with Crippen LogP contribution in [-0.2, 0) is 4.79 Å². The summed E-state index contributed by atoms with van der Waals surface area (Å²) in [6, 6.07) is 5.15. The van der Waals surface area contributed by atoms with Gasteiger partial charge in [0.15, 0.2) is 0 Å². The molecule has 0 aliphatic rings. The minimum absolute atomic E-state index is 0.134. The fourth-order valence-electron chi connectivity index (χ4n) is 2.03. The third-order valence-corrected chi connectivity index (χ3v) is 4.50. The molecule has 0 aliphatic carbocycles. The summed E-state index contributed by atoms with van der Waals surface area (Å²) in [5, 5.41) is 1.31. The van der Waals surface area contributed by atoms with E-state index in [1.165, 1.54) is 16.2 Å². The Morgan fingerprint density at radius 3 is 2.62 bits per heavy atom. The quantitative estimate of drug-likeness (QED) is 0.904. The average Bonchev–Trinajstić information content (AvgIpc) is 2.72. The van der Waals surface area contributed by atoms with Crippen LogP contribution >= 0.6 is 22.9 Å². The van der Waals surface area contributed by atoms with Gasteiger partial charge in [-0.3, -0.25) is 9.59 Å². The first-order chi connectivity index (χ1) is 9.81. The predicted octanol–water partition coefficient (Wildman–Crippen LogP) is 2.47. The number of hydrogen-bond donors (Lipinski definition) is 2. The Balaban J connectivity index is 2.47. The molecule has 0 atom stereocenters. The maximum atomic E-state index is 12.6. The van der Waals surface area contributed by atoms with Gasteiger partial charge in [-0.05, 0) is 32.0 Å². The molecule has 2 aromatic rings. The summed E-state index contributed by atoms with van der Waals surface area (Å²) in [6.07, 6.45) is 0. The minimum Gasteiger partial charge on any atom is -0.397 e. The fourth-order valence-corrected chi connectivity index (χ4v) is 3.27. The summed E-state index contributed by atoms with van der Waals surface area (Å²) in [6.45, 7) is 3.51. The highest BCUT2D eigenvalue weighted by atomic mass is 35.5. The molecule has 1 aromatic heterocycles. The molecule has 21 heavy (non-hydrogen) atoms. The van der Waals surface area contributed by atoms with Crippen LogP contribution in [-0.4, -0.2) is 29.3 Å². The van der Waals surface area contributed by atoms with Crippen molar-refractivity contribution in [1.82, 2.24) is 4.90 Å². The zero-order valence-corrected chi connectivity index (χ0v) is 13.3. The molecule has 0 aliphatic heterocycles. The second-order valence-electron chi connectivity index (χ2n) is 4.98. The number of nitrogens with zero attached hydrogens (tertiary/aromatic N) is 1. The third kappa shape index (κ3) is 3.11. The van der Waals surface area contributed by atoms with Crippen molar-refractivity contribution in [2.45, 2.75) is 19.9 Å². The molecule has 1 heterocycles. The van der Waals surface area contributed by atoms with Crippen molar-refractivity contribution in [3.05, 3.63) is 28.1 Å². The lowest BCUT2D eigenvalue weighted by Crippen LogP contribution is -2.42. The Morgan fingerprint density at radius 1 is 1.38 bits per heavy atom. The van der Waals surface area contributed by atoms with Gasteiger partial charge >= 0.3 is 0 Å². The van der Waals surface area contributed by atoms with Crippen molar-refractivity contribution in [2.24, 2.45) is 5.73 Å². The van der Waals surface area contributed by atoms with E-state index >= 15 is 0 Å². The fraction of sp³-hybridized carbons (Fsp3) is 0.286. The second kappa shape index (κ2) is 5.91. The van der Waals surface area contributed by atoms with Crippen LogP contribution in [0.1, 0.15) is 23.5 Å². The van der Waals surface area contributed by atoms with E-state index in [1.807, 2.05) is 19.9 Å². The van der Waals surface area contributed by atoms with Gasteiger partial charge in [-0.15, -0.1) is 11.3 Å². The predicted molar refractivity (Wildman–Crippen MR) is 86.6 cm³/mol. The number of anilines is 1. The van der Waals surface area contributed by atoms with E-state index in [4.69, 9.17) is 23.1 Å². The molecule has 0 spiro atoms. The Morgan fingerprint density at radius 2 is 2.05 bits per heavy atom. The Bertz CT molecular complexity index is 712. The molecule has 0 saturated heterocycles. The number of nitrogen functional groups attached to an aromatic ring is 1. The van der Waals surface area contributed by atoms with E-state index in [2.05, 4.69) is 0 Å². The normalized spacial score (nSPS) is 11.0. The number of thiophene rings is 1. The smallest absolute Gasteiger partial charge is 0.266 e. The molecular weight excluding hydrogens is 310 g/mol. The Kier molecular flexibility index (Phi) is 4.39. The number of amides is 2.